The SMILES string of the molecule is CC1(C)C=Cc2ccccc2OC1=O. The Balaban J connectivity index is 2.49. The molecule has 0 radical (unpaired) electrons. The molecule has 0 amide bonds. The summed E-state index contributed by atoms with van der Waals surface area (Å²) in [4.78, 5) is 11.6. The van der Waals surface area contributed by atoms with Crippen LogP contribution in [0.5, 0.6) is 5.75 Å². The van der Waals surface area contributed by atoms with E-state index in [0.29, 0.717) is 5.75 Å². The summed E-state index contributed by atoms with van der Waals surface area (Å²) in [6.07, 6.45) is 3.81. The summed E-state index contributed by atoms with van der Waals surface area (Å²) in [5.74, 6) is 0.429. The lowest BCUT2D eigenvalue weighted by Crippen LogP contribution is -2.25. The molecular formula is C12H12O2. The topological polar surface area (TPSA) is 26.3 Å². The largest absolute Gasteiger partial charge is 0.425 e. The van der Waals surface area contributed by atoms with E-state index in [-0.39, 0.29) is 5.97 Å². The Labute approximate surface area is 83.2 Å². The average molecular weight is 188 g/mol. The molecule has 1 aliphatic rings. The van der Waals surface area contributed by atoms with E-state index < -0.39 is 5.41 Å². The number of ether oxygens (including phenoxy) is 1. The molecule has 0 atom stereocenters. The Morgan fingerprint density at radius 1 is 1.21 bits per heavy atom. The Bertz CT molecular complexity index is 403. The summed E-state index contributed by atoms with van der Waals surface area (Å²) in [6, 6.07) is 7.52. The predicted molar refractivity (Wildman–Crippen MR) is 54.9 cm³/mol. The average Bonchev–Trinajstić information content (AvgIpc) is 2.26. The second-order valence-corrected chi connectivity index (χ2v) is 3.98. The zero-order valence-corrected chi connectivity index (χ0v) is 8.28. The first-order valence-corrected chi connectivity index (χ1v) is 4.60. The molecule has 0 aromatic heterocycles. The molecule has 1 heterocycles. The van der Waals surface area contributed by atoms with Crippen LogP contribution in [0.1, 0.15) is 19.4 Å². The van der Waals surface area contributed by atoms with Crippen LogP contribution in [0.15, 0.2) is 30.3 Å². The smallest absolute Gasteiger partial charge is 0.320 e. The van der Waals surface area contributed by atoms with Gasteiger partial charge < -0.3 is 4.74 Å². The molecule has 0 N–H and O–H groups in total. The fourth-order valence-electron chi connectivity index (χ4n) is 1.31. The highest BCUT2D eigenvalue weighted by molar-refractivity contribution is 5.84. The summed E-state index contributed by atoms with van der Waals surface area (Å²) >= 11 is 0. The van der Waals surface area contributed by atoms with Crippen molar-refractivity contribution in [2.24, 2.45) is 5.41 Å². The molecule has 2 heteroatoms. The van der Waals surface area contributed by atoms with Crippen LogP contribution >= 0.6 is 0 Å². The molecule has 0 fully saturated rings. The third-order valence-corrected chi connectivity index (χ3v) is 2.33. The second kappa shape index (κ2) is 2.98. The van der Waals surface area contributed by atoms with E-state index in [9.17, 15) is 4.79 Å². The molecule has 1 aliphatic heterocycles. The summed E-state index contributed by atoms with van der Waals surface area (Å²) in [6.45, 7) is 3.69. The third-order valence-electron chi connectivity index (χ3n) is 2.33. The number of carbonyl (C=O) groups excluding carboxylic acids is 1. The first kappa shape index (κ1) is 9.00. The van der Waals surface area contributed by atoms with Crippen molar-refractivity contribution in [1.29, 1.82) is 0 Å². The van der Waals surface area contributed by atoms with Crippen LogP contribution in [0.4, 0.5) is 0 Å². The fraction of sp³-hybridized carbons (Fsp3) is 0.250. The van der Waals surface area contributed by atoms with Gasteiger partial charge in [-0.15, -0.1) is 0 Å². The number of rotatable bonds is 0. The fourth-order valence-corrected chi connectivity index (χ4v) is 1.31. The van der Waals surface area contributed by atoms with Crippen molar-refractivity contribution in [2.75, 3.05) is 0 Å². The van der Waals surface area contributed by atoms with Gasteiger partial charge in [0, 0.05) is 5.56 Å². The van der Waals surface area contributed by atoms with Crippen molar-refractivity contribution in [1.82, 2.24) is 0 Å². The van der Waals surface area contributed by atoms with Crippen LogP contribution in [0.25, 0.3) is 6.08 Å². The summed E-state index contributed by atoms with van der Waals surface area (Å²) in [7, 11) is 0. The lowest BCUT2D eigenvalue weighted by atomic mass is 9.93. The van der Waals surface area contributed by atoms with E-state index in [0.717, 1.165) is 5.56 Å². The highest BCUT2D eigenvalue weighted by atomic mass is 16.5. The Morgan fingerprint density at radius 2 is 1.93 bits per heavy atom. The van der Waals surface area contributed by atoms with Gasteiger partial charge in [0.2, 0.25) is 0 Å². The van der Waals surface area contributed by atoms with Crippen molar-refractivity contribution >= 4 is 12.0 Å². The van der Waals surface area contributed by atoms with Crippen LogP contribution in [-0.4, -0.2) is 5.97 Å². The van der Waals surface area contributed by atoms with E-state index >= 15 is 0 Å². The second-order valence-electron chi connectivity index (χ2n) is 3.98. The first-order chi connectivity index (χ1) is 6.59. The summed E-state index contributed by atoms with van der Waals surface area (Å²) in [5, 5.41) is 0. The quantitative estimate of drug-likeness (QED) is 0.462. The van der Waals surface area contributed by atoms with Gasteiger partial charge >= 0.3 is 5.97 Å². The lowest BCUT2D eigenvalue weighted by molar-refractivity contribution is -0.141. The number of para-hydroxylation sites is 1. The van der Waals surface area contributed by atoms with Crippen LogP contribution < -0.4 is 4.74 Å². The molecule has 0 spiro atoms. The maximum atomic E-state index is 11.6. The standard InChI is InChI=1S/C12H12O2/c1-12(2)8-7-9-5-3-4-6-10(9)14-11(12)13/h3-8H,1-2H3. The highest BCUT2D eigenvalue weighted by Crippen LogP contribution is 2.30. The van der Waals surface area contributed by atoms with Gasteiger partial charge in [-0.3, -0.25) is 4.79 Å². The number of esters is 1. The Morgan fingerprint density at radius 3 is 2.71 bits per heavy atom. The van der Waals surface area contributed by atoms with Gasteiger partial charge in [-0.2, -0.15) is 0 Å². The van der Waals surface area contributed by atoms with E-state index in [1.165, 1.54) is 0 Å². The van der Waals surface area contributed by atoms with Gasteiger partial charge in [0.05, 0.1) is 5.41 Å². The molecule has 1 aromatic rings. The minimum atomic E-state index is -0.543. The van der Waals surface area contributed by atoms with Crippen molar-refractivity contribution in [3.8, 4) is 5.75 Å². The van der Waals surface area contributed by atoms with E-state index in [4.69, 9.17) is 4.74 Å². The minimum Gasteiger partial charge on any atom is -0.425 e. The normalized spacial score (nSPS) is 18.3. The number of benzene rings is 1. The molecule has 2 rings (SSSR count). The van der Waals surface area contributed by atoms with E-state index in [1.54, 1.807) is 6.07 Å². The molecule has 2 nitrogen and oxygen atoms in total. The van der Waals surface area contributed by atoms with Crippen molar-refractivity contribution in [3.63, 3.8) is 0 Å². The van der Waals surface area contributed by atoms with Gasteiger partial charge in [0.1, 0.15) is 5.75 Å². The van der Waals surface area contributed by atoms with E-state index in [2.05, 4.69) is 0 Å². The van der Waals surface area contributed by atoms with Gasteiger partial charge in [0.25, 0.3) is 0 Å². The predicted octanol–water partition coefficient (Wildman–Crippen LogP) is 2.65. The Hall–Kier alpha value is -1.57. The Kier molecular flexibility index (Phi) is 1.92. The van der Waals surface area contributed by atoms with Gasteiger partial charge in [0.15, 0.2) is 0 Å². The number of fused-ring (bicyclic) bond motifs is 1. The molecule has 0 bridgehead atoms. The zero-order valence-electron chi connectivity index (χ0n) is 8.28. The number of hydrogen-bond acceptors (Lipinski definition) is 2. The van der Waals surface area contributed by atoms with Crippen LogP contribution in [0, 0.1) is 5.41 Å². The van der Waals surface area contributed by atoms with Crippen molar-refractivity contribution in [2.45, 2.75) is 13.8 Å². The van der Waals surface area contributed by atoms with Gasteiger partial charge in [-0.25, -0.2) is 0 Å². The molecule has 1 aromatic carbocycles. The molecule has 0 saturated carbocycles. The van der Waals surface area contributed by atoms with Crippen LogP contribution in [-0.2, 0) is 4.79 Å². The van der Waals surface area contributed by atoms with E-state index in [1.807, 2.05) is 44.2 Å². The monoisotopic (exact) mass is 188 g/mol. The van der Waals surface area contributed by atoms with Crippen molar-refractivity contribution in [3.05, 3.63) is 35.9 Å². The first-order valence-electron chi connectivity index (χ1n) is 4.60. The van der Waals surface area contributed by atoms with Gasteiger partial charge in [-0.05, 0) is 19.9 Å². The summed E-state index contributed by atoms with van der Waals surface area (Å²) in [5.41, 5.74) is 0.408. The van der Waals surface area contributed by atoms with Crippen LogP contribution in [0.3, 0.4) is 0 Å². The third kappa shape index (κ3) is 1.43. The number of carbonyl (C=O) groups is 1. The maximum absolute atomic E-state index is 11.6. The zero-order chi connectivity index (χ0) is 10.2. The van der Waals surface area contributed by atoms with Crippen LogP contribution in [0.2, 0.25) is 0 Å². The highest BCUT2D eigenvalue weighted by Gasteiger charge is 2.29. The minimum absolute atomic E-state index is 0.210. The molecule has 14 heavy (non-hydrogen) atoms. The summed E-state index contributed by atoms with van der Waals surface area (Å²) < 4.78 is 5.27. The lowest BCUT2D eigenvalue weighted by Gasteiger charge is -2.15. The van der Waals surface area contributed by atoms with Crippen molar-refractivity contribution < 1.29 is 9.53 Å². The molecular weight excluding hydrogens is 176 g/mol. The molecule has 0 aliphatic carbocycles. The molecule has 0 unspecified atom stereocenters. The maximum Gasteiger partial charge on any atom is 0.320 e. The number of hydrogen-bond donors (Lipinski definition) is 0. The molecule has 0 saturated heterocycles. The molecule has 72 valence electrons. The van der Waals surface area contributed by atoms with Gasteiger partial charge in [-0.1, -0.05) is 30.4 Å².